The maximum absolute atomic E-state index is 10.3. The number of aliphatic hydroxyl groups is 1. The number of nitrogens with one attached hydrogen (secondary N) is 1. The number of hydrogen-bond acceptors (Lipinski definition) is 4. The van der Waals surface area contributed by atoms with Crippen molar-refractivity contribution in [2.45, 2.75) is 45.1 Å². The first-order chi connectivity index (χ1) is 13.6. The minimum atomic E-state index is -0.505. The summed E-state index contributed by atoms with van der Waals surface area (Å²) in [6.07, 6.45) is 19.1. The van der Waals surface area contributed by atoms with Gasteiger partial charge < -0.3 is 15.2 Å². The highest BCUT2D eigenvalue weighted by Crippen LogP contribution is 2.20. The van der Waals surface area contributed by atoms with Gasteiger partial charge >= 0.3 is 0 Å². The van der Waals surface area contributed by atoms with Crippen LogP contribution >= 0.6 is 11.6 Å². The largest absolute Gasteiger partial charge is 0.494 e. The standard InChI is InChI=1S/C23H29ClN2O2/c1-3-25-23-20(14-21(24)16-26-23)15-22(27)13-9-4-6-10-18(2)28-17-19-11-7-5-8-12-19/h3-5,7,9-11,14,16,22,27H,1,6,8,12-13,15,17H2,2H3,(H,25,26)/b9-4-,18-10+. The molecule has 5 heteroatoms. The van der Waals surface area contributed by atoms with E-state index in [1.54, 1.807) is 12.4 Å². The van der Waals surface area contributed by atoms with Gasteiger partial charge in [0.05, 0.1) is 16.9 Å². The van der Waals surface area contributed by atoms with Gasteiger partial charge in [0.2, 0.25) is 0 Å². The number of hydrogen-bond donors (Lipinski definition) is 2. The Kier molecular flexibility index (Phi) is 9.60. The van der Waals surface area contributed by atoms with Crippen molar-refractivity contribution in [2.75, 3.05) is 11.9 Å². The highest BCUT2D eigenvalue weighted by Gasteiger charge is 2.09. The van der Waals surface area contributed by atoms with Crippen LogP contribution in [0.4, 0.5) is 5.82 Å². The lowest BCUT2D eigenvalue weighted by Gasteiger charge is -2.12. The topological polar surface area (TPSA) is 54.4 Å². The minimum absolute atomic E-state index is 0.468. The van der Waals surface area contributed by atoms with Gasteiger partial charge in [0.1, 0.15) is 12.4 Å². The smallest absolute Gasteiger partial charge is 0.133 e. The molecule has 0 saturated carbocycles. The molecule has 0 amide bonds. The van der Waals surface area contributed by atoms with E-state index in [9.17, 15) is 5.11 Å². The molecule has 0 fully saturated rings. The Bertz CT molecular complexity index is 766. The van der Waals surface area contributed by atoms with Gasteiger partial charge in [-0.25, -0.2) is 4.98 Å². The molecular weight excluding hydrogens is 372 g/mol. The molecule has 0 aromatic carbocycles. The molecule has 4 nitrogen and oxygen atoms in total. The number of halogens is 1. The summed E-state index contributed by atoms with van der Waals surface area (Å²) in [6, 6.07) is 1.81. The second kappa shape index (κ2) is 12.2. The highest BCUT2D eigenvalue weighted by molar-refractivity contribution is 6.30. The van der Waals surface area contributed by atoms with E-state index >= 15 is 0 Å². The minimum Gasteiger partial charge on any atom is -0.494 e. The number of aromatic nitrogens is 1. The molecule has 28 heavy (non-hydrogen) atoms. The van der Waals surface area contributed by atoms with Crippen molar-refractivity contribution in [1.82, 2.24) is 4.98 Å². The van der Waals surface area contributed by atoms with E-state index in [1.165, 1.54) is 5.57 Å². The van der Waals surface area contributed by atoms with Gasteiger partial charge in [-0.15, -0.1) is 0 Å². The van der Waals surface area contributed by atoms with Gasteiger partial charge in [0.25, 0.3) is 0 Å². The van der Waals surface area contributed by atoms with Crippen LogP contribution in [0.2, 0.25) is 5.02 Å². The summed E-state index contributed by atoms with van der Waals surface area (Å²) in [7, 11) is 0. The summed E-state index contributed by atoms with van der Waals surface area (Å²) in [6.45, 7) is 6.27. The summed E-state index contributed by atoms with van der Waals surface area (Å²) >= 11 is 6.01. The first-order valence-electron chi connectivity index (χ1n) is 9.57. The van der Waals surface area contributed by atoms with Crippen LogP contribution in [0.1, 0.15) is 38.2 Å². The highest BCUT2D eigenvalue weighted by atomic mass is 35.5. The Labute approximate surface area is 173 Å². The summed E-state index contributed by atoms with van der Waals surface area (Å²) in [5.41, 5.74) is 2.19. The molecule has 1 heterocycles. The number of rotatable bonds is 11. The van der Waals surface area contributed by atoms with Gasteiger partial charge in [-0.05, 0) is 62.1 Å². The lowest BCUT2D eigenvalue weighted by molar-refractivity contribution is 0.178. The van der Waals surface area contributed by atoms with Crippen LogP contribution in [-0.4, -0.2) is 22.8 Å². The van der Waals surface area contributed by atoms with Crippen molar-refractivity contribution in [2.24, 2.45) is 0 Å². The Morgan fingerprint density at radius 2 is 2.32 bits per heavy atom. The van der Waals surface area contributed by atoms with Crippen LogP contribution in [0.5, 0.6) is 0 Å². The third-order valence-electron chi connectivity index (χ3n) is 4.33. The number of ether oxygens (including phenoxy) is 1. The van der Waals surface area contributed by atoms with Gasteiger partial charge in [-0.1, -0.05) is 48.6 Å². The normalized spacial score (nSPS) is 15.4. The maximum Gasteiger partial charge on any atom is 0.133 e. The molecular formula is C23H29ClN2O2. The van der Waals surface area contributed by atoms with Crippen LogP contribution < -0.4 is 5.32 Å². The molecule has 1 aliphatic carbocycles. The van der Waals surface area contributed by atoms with Crippen LogP contribution in [0, 0.1) is 0 Å². The predicted molar refractivity (Wildman–Crippen MR) is 117 cm³/mol. The van der Waals surface area contributed by atoms with E-state index in [0.717, 1.165) is 30.6 Å². The molecule has 0 aliphatic heterocycles. The zero-order chi connectivity index (χ0) is 20.2. The molecule has 1 aliphatic rings. The van der Waals surface area contributed by atoms with E-state index < -0.39 is 6.10 Å². The van der Waals surface area contributed by atoms with Crippen LogP contribution in [-0.2, 0) is 11.2 Å². The van der Waals surface area contributed by atoms with Gasteiger partial charge in [-0.2, -0.15) is 0 Å². The lowest BCUT2D eigenvalue weighted by Crippen LogP contribution is -2.11. The molecule has 0 radical (unpaired) electrons. The fourth-order valence-electron chi connectivity index (χ4n) is 2.82. The van der Waals surface area contributed by atoms with E-state index in [-0.39, 0.29) is 0 Å². The van der Waals surface area contributed by atoms with Crippen molar-refractivity contribution >= 4 is 17.4 Å². The number of anilines is 1. The van der Waals surface area contributed by atoms with Gasteiger partial charge in [0.15, 0.2) is 0 Å². The fourth-order valence-corrected chi connectivity index (χ4v) is 3.00. The molecule has 1 atom stereocenters. The van der Waals surface area contributed by atoms with E-state index in [1.807, 2.05) is 25.1 Å². The molecule has 1 unspecified atom stereocenters. The van der Waals surface area contributed by atoms with E-state index in [0.29, 0.717) is 30.3 Å². The fraction of sp³-hybridized carbons (Fsp3) is 0.348. The Morgan fingerprint density at radius 3 is 3.07 bits per heavy atom. The molecule has 1 aromatic rings. The van der Waals surface area contributed by atoms with Crippen LogP contribution in [0.15, 0.2) is 72.8 Å². The SMILES string of the molecule is C=CNc1ncc(Cl)cc1CC(O)C/C=C\C/C=C(\C)OCC1=CC=CCC1. The summed E-state index contributed by atoms with van der Waals surface area (Å²) in [4.78, 5) is 4.23. The average Bonchev–Trinajstić information content (AvgIpc) is 2.69. The third-order valence-corrected chi connectivity index (χ3v) is 4.54. The number of aliphatic hydroxyl groups excluding tert-OH is 1. The van der Waals surface area contributed by atoms with E-state index in [2.05, 4.69) is 41.2 Å². The van der Waals surface area contributed by atoms with Crippen molar-refractivity contribution in [3.63, 3.8) is 0 Å². The number of nitrogens with zero attached hydrogens (tertiary/aromatic N) is 1. The quantitative estimate of drug-likeness (QED) is 0.368. The second-order valence-electron chi connectivity index (χ2n) is 6.71. The first kappa shape index (κ1) is 22.0. The van der Waals surface area contributed by atoms with Gasteiger partial charge in [-0.3, -0.25) is 0 Å². The summed E-state index contributed by atoms with van der Waals surface area (Å²) in [5, 5.41) is 13.8. The number of allylic oxidation sites excluding steroid dienone is 6. The number of pyridine rings is 1. The van der Waals surface area contributed by atoms with E-state index in [4.69, 9.17) is 16.3 Å². The predicted octanol–water partition coefficient (Wildman–Crippen LogP) is 5.73. The molecule has 150 valence electrons. The van der Waals surface area contributed by atoms with Crippen molar-refractivity contribution in [1.29, 1.82) is 0 Å². The van der Waals surface area contributed by atoms with Crippen molar-refractivity contribution < 1.29 is 9.84 Å². The first-order valence-corrected chi connectivity index (χ1v) is 9.95. The zero-order valence-corrected chi connectivity index (χ0v) is 17.2. The lowest BCUT2D eigenvalue weighted by atomic mass is 10.1. The maximum atomic E-state index is 10.3. The molecule has 1 aromatic heterocycles. The Hall–Kier alpha value is -2.30. The summed E-state index contributed by atoms with van der Waals surface area (Å²) in [5.74, 6) is 1.59. The third kappa shape index (κ3) is 8.15. The average molecular weight is 401 g/mol. The zero-order valence-electron chi connectivity index (χ0n) is 16.4. The van der Waals surface area contributed by atoms with Crippen molar-refractivity contribution in [3.8, 4) is 0 Å². The van der Waals surface area contributed by atoms with Crippen molar-refractivity contribution in [3.05, 3.63) is 83.4 Å². The van der Waals surface area contributed by atoms with Gasteiger partial charge in [0, 0.05) is 12.6 Å². The van der Waals surface area contributed by atoms with Crippen LogP contribution in [0.25, 0.3) is 0 Å². The molecule has 0 saturated heterocycles. The Morgan fingerprint density at radius 1 is 1.46 bits per heavy atom. The summed E-state index contributed by atoms with van der Waals surface area (Å²) < 4.78 is 5.78. The molecule has 2 rings (SSSR count). The Balaban J connectivity index is 1.73. The van der Waals surface area contributed by atoms with Crippen LogP contribution in [0.3, 0.4) is 0 Å². The molecule has 2 N–H and O–H groups in total. The molecule has 0 bridgehead atoms. The monoisotopic (exact) mass is 400 g/mol. The second-order valence-corrected chi connectivity index (χ2v) is 7.14. The molecule has 0 spiro atoms.